The van der Waals surface area contributed by atoms with Crippen LogP contribution >= 0.6 is 0 Å². The summed E-state index contributed by atoms with van der Waals surface area (Å²) in [5.41, 5.74) is -0.299. The van der Waals surface area contributed by atoms with E-state index in [4.69, 9.17) is 10.00 Å². The van der Waals surface area contributed by atoms with Crippen molar-refractivity contribution in [2.45, 2.75) is 6.92 Å². The molecule has 1 fully saturated rings. The van der Waals surface area contributed by atoms with Crippen LogP contribution in [0.25, 0.3) is 0 Å². The Bertz CT molecular complexity index is 486. The Kier molecular flexibility index (Phi) is 2.49. The van der Waals surface area contributed by atoms with Crippen molar-refractivity contribution in [2.24, 2.45) is 5.41 Å². The Morgan fingerprint density at radius 2 is 2.25 bits per heavy atom. The van der Waals surface area contributed by atoms with Crippen LogP contribution in [0.3, 0.4) is 0 Å². The minimum Gasteiger partial charge on any atom is -0.377 e. The number of rotatable bonds is 2. The average molecular weight is 219 g/mol. The number of carbonyl (C=O) groups excluding carboxylic acids is 1. The van der Waals surface area contributed by atoms with Gasteiger partial charge >= 0.3 is 0 Å². The molecular weight excluding hydrogens is 209 g/mol. The maximum atomic E-state index is 13.0. The predicted molar refractivity (Wildman–Crippen MR) is 54.3 cm³/mol. The maximum Gasteiger partial charge on any atom is 0.187 e. The van der Waals surface area contributed by atoms with E-state index < -0.39 is 5.41 Å². The monoisotopic (exact) mass is 219 g/mol. The molecule has 0 bridgehead atoms. The highest BCUT2D eigenvalue weighted by molar-refractivity contribution is 6.03. The summed E-state index contributed by atoms with van der Waals surface area (Å²) in [5.74, 6) is -0.642. The zero-order chi connectivity index (χ0) is 11.8. The summed E-state index contributed by atoms with van der Waals surface area (Å²) in [6, 6.07) is 6.09. The van der Waals surface area contributed by atoms with Crippen LogP contribution in [0.1, 0.15) is 15.9 Å². The first-order valence-electron chi connectivity index (χ1n) is 4.89. The van der Waals surface area contributed by atoms with Crippen LogP contribution in [0.2, 0.25) is 0 Å². The third kappa shape index (κ3) is 1.50. The van der Waals surface area contributed by atoms with Gasteiger partial charge in [0.25, 0.3) is 0 Å². The second-order valence-corrected chi connectivity index (χ2v) is 3.98. The van der Waals surface area contributed by atoms with Crippen LogP contribution in [-0.2, 0) is 4.74 Å². The van der Waals surface area contributed by atoms with Crippen molar-refractivity contribution in [2.75, 3.05) is 13.2 Å². The molecular formula is C12H10FNO2. The van der Waals surface area contributed by atoms with Gasteiger partial charge in [-0.3, -0.25) is 4.79 Å². The lowest BCUT2D eigenvalue weighted by atomic mass is 9.80. The third-order valence-electron chi connectivity index (χ3n) is 2.77. The normalized spacial score (nSPS) is 17.3. The van der Waals surface area contributed by atoms with Gasteiger partial charge in [0.05, 0.1) is 19.3 Å². The molecule has 0 radical (unpaired) electrons. The molecule has 0 unspecified atom stereocenters. The molecule has 16 heavy (non-hydrogen) atoms. The average Bonchev–Trinajstić information content (AvgIpc) is 2.21. The lowest BCUT2D eigenvalue weighted by Gasteiger charge is -2.33. The van der Waals surface area contributed by atoms with E-state index >= 15 is 0 Å². The SMILES string of the molecule is Cc1cc(C(=O)C2(C#N)COC2)ccc1F. The minimum atomic E-state index is -1.07. The molecule has 1 aliphatic rings. The van der Waals surface area contributed by atoms with Crippen LogP contribution < -0.4 is 0 Å². The molecule has 0 saturated carbocycles. The fourth-order valence-corrected chi connectivity index (χ4v) is 1.61. The highest BCUT2D eigenvalue weighted by Gasteiger charge is 2.46. The number of Topliss-reactive ketones (excluding diaryl/α,β-unsaturated/α-hetero) is 1. The van der Waals surface area contributed by atoms with Crippen molar-refractivity contribution in [3.63, 3.8) is 0 Å². The number of nitrogens with zero attached hydrogens (tertiary/aromatic N) is 1. The van der Waals surface area contributed by atoms with Crippen LogP contribution in [0, 0.1) is 29.5 Å². The van der Waals surface area contributed by atoms with Crippen molar-refractivity contribution < 1.29 is 13.9 Å². The number of carbonyl (C=O) groups is 1. The summed E-state index contributed by atoms with van der Waals surface area (Å²) in [6.07, 6.45) is 0. The van der Waals surface area contributed by atoms with Crippen molar-refractivity contribution >= 4 is 5.78 Å². The zero-order valence-corrected chi connectivity index (χ0v) is 8.79. The van der Waals surface area contributed by atoms with Crippen molar-refractivity contribution in [3.05, 3.63) is 35.1 Å². The third-order valence-corrected chi connectivity index (χ3v) is 2.77. The summed E-state index contributed by atoms with van der Waals surface area (Å²) in [6.45, 7) is 1.83. The summed E-state index contributed by atoms with van der Waals surface area (Å²) in [5, 5.41) is 8.97. The lowest BCUT2D eigenvalue weighted by molar-refractivity contribution is -0.0566. The van der Waals surface area contributed by atoms with Gasteiger partial charge in [0.1, 0.15) is 5.82 Å². The van der Waals surface area contributed by atoms with E-state index in [0.29, 0.717) is 11.1 Å². The van der Waals surface area contributed by atoms with Crippen LogP contribution in [0.15, 0.2) is 18.2 Å². The predicted octanol–water partition coefficient (Wildman–Crippen LogP) is 1.86. The van der Waals surface area contributed by atoms with Gasteiger partial charge in [-0.2, -0.15) is 5.26 Å². The highest BCUT2D eigenvalue weighted by atomic mass is 19.1. The van der Waals surface area contributed by atoms with E-state index in [0.717, 1.165) is 0 Å². The van der Waals surface area contributed by atoms with Gasteiger partial charge in [-0.15, -0.1) is 0 Å². The number of benzene rings is 1. The number of hydrogen-bond donors (Lipinski definition) is 0. The quantitative estimate of drug-likeness (QED) is 0.713. The molecule has 1 saturated heterocycles. The number of ether oxygens (including phenoxy) is 1. The van der Waals surface area contributed by atoms with E-state index in [1.807, 2.05) is 6.07 Å². The fraction of sp³-hybridized carbons (Fsp3) is 0.333. The van der Waals surface area contributed by atoms with Gasteiger partial charge in [-0.05, 0) is 30.7 Å². The molecule has 0 aromatic heterocycles. The van der Waals surface area contributed by atoms with E-state index in [-0.39, 0.29) is 24.8 Å². The largest absolute Gasteiger partial charge is 0.377 e. The molecule has 1 aromatic rings. The van der Waals surface area contributed by atoms with Gasteiger partial charge in [-0.25, -0.2) is 4.39 Å². The number of halogens is 1. The second-order valence-electron chi connectivity index (χ2n) is 3.98. The smallest absolute Gasteiger partial charge is 0.187 e. The van der Waals surface area contributed by atoms with Crippen molar-refractivity contribution in [1.29, 1.82) is 5.26 Å². The molecule has 0 N–H and O–H groups in total. The van der Waals surface area contributed by atoms with Gasteiger partial charge in [0.15, 0.2) is 11.2 Å². The van der Waals surface area contributed by atoms with E-state index in [1.165, 1.54) is 18.2 Å². The lowest BCUT2D eigenvalue weighted by Crippen LogP contribution is -2.47. The molecule has 4 heteroatoms. The molecule has 0 aliphatic carbocycles. The maximum absolute atomic E-state index is 13.0. The molecule has 0 amide bonds. The van der Waals surface area contributed by atoms with E-state index in [9.17, 15) is 9.18 Å². The Morgan fingerprint density at radius 1 is 1.56 bits per heavy atom. The molecule has 1 aliphatic heterocycles. The Balaban J connectivity index is 2.35. The van der Waals surface area contributed by atoms with Gasteiger partial charge < -0.3 is 4.74 Å². The number of ketones is 1. The van der Waals surface area contributed by atoms with E-state index in [1.54, 1.807) is 6.92 Å². The number of nitriles is 1. The summed E-state index contributed by atoms with van der Waals surface area (Å²) in [7, 11) is 0. The molecule has 82 valence electrons. The minimum absolute atomic E-state index is 0.124. The summed E-state index contributed by atoms with van der Waals surface area (Å²) < 4.78 is 17.9. The first kappa shape index (κ1) is 10.8. The fourth-order valence-electron chi connectivity index (χ4n) is 1.61. The number of hydrogen-bond acceptors (Lipinski definition) is 3. The standard InChI is InChI=1S/C12H10FNO2/c1-8-4-9(2-3-10(8)13)11(15)12(5-14)6-16-7-12/h2-4H,6-7H2,1H3. The topological polar surface area (TPSA) is 50.1 Å². The van der Waals surface area contributed by atoms with Gasteiger partial charge in [0.2, 0.25) is 0 Å². The molecule has 1 aromatic carbocycles. The Hall–Kier alpha value is -1.73. The zero-order valence-electron chi connectivity index (χ0n) is 8.79. The summed E-state index contributed by atoms with van der Waals surface area (Å²) in [4.78, 5) is 12.0. The molecule has 3 nitrogen and oxygen atoms in total. The van der Waals surface area contributed by atoms with Crippen LogP contribution in [-0.4, -0.2) is 19.0 Å². The second kappa shape index (κ2) is 3.69. The van der Waals surface area contributed by atoms with Crippen LogP contribution in [0.5, 0.6) is 0 Å². The van der Waals surface area contributed by atoms with Crippen molar-refractivity contribution in [3.8, 4) is 6.07 Å². The molecule has 0 spiro atoms. The van der Waals surface area contributed by atoms with Crippen LogP contribution in [0.4, 0.5) is 4.39 Å². The summed E-state index contributed by atoms with van der Waals surface area (Å²) >= 11 is 0. The first-order valence-corrected chi connectivity index (χ1v) is 4.89. The van der Waals surface area contributed by atoms with Gasteiger partial charge in [0, 0.05) is 5.56 Å². The van der Waals surface area contributed by atoms with Crippen molar-refractivity contribution in [1.82, 2.24) is 0 Å². The van der Waals surface area contributed by atoms with Gasteiger partial charge in [-0.1, -0.05) is 0 Å². The Morgan fingerprint density at radius 3 is 2.69 bits per heavy atom. The number of aryl methyl sites for hydroxylation is 1. The molecule has 2 rings (SSSR count). The first-order chi connectivity index (χ1) is 7.59. The molecule has 1 heterocycles. The Labute approximate surface area is 92.4 Å². The molecule has 0 atom stereocenters. The van der Waals surface area contributed by atoms with E-state index in [2.05, 4.69) is 0 Å². The highest BCUT2D eigenvalue weighted by Crippen LogP contribution is 2.31.